The highest BCUT2D eigenvalue weighted by atomic mass is 35.5. The van der Waals surface area contributed by atoms with Crippen LogP contribution in [0.4, 0.5) is 11.8 Å². The topological polar surface area (TPSA) is 68.3 Å². The lowest BCUT2D eigenvalue weighted by molar-refractivity contribution is 0.174. The second kappa shape index (κ2) is 7.49. The summed E-state index contributed by atoms with van der Waals surface area (Å²) in [7, 11) is 0. The van der Waals surface area contributed by atoms with Crippen LogP contribution in [-0.2, 0) is 13.1 Å². The first-order valence-electron chi connectivity index (χ1n) is 8.20. The van der Waals surface area contributed by atoms with Gasteiger partial charge in [0.05, 0.1) is 0 Å². The van der Waals surface area contributed by atoms with Crippen molar-refractivity contribution < 1.29 is 9.47 Å². The summed E-state index contributed by atoms with van der Waals surface area (Å²) in [5, 5.41) is 7.23. The highest BCUT2D eigenvalue weighted by Crippen LogP contribution is 2.32. The minimum absolute atomic E-state index is 0.279. The van der Waals surface area contributed by atoms with Crippen LogP contribution in [0.15, 0.2) is 54.7 Å². The molecule has 1 aliphatic heterocycles. The molecule has 0 bridgehead atoms. The molecule has 7 heteroatoms. The van der Waals surface area contributed by atoms with Gasteiger partial charge in [0.15, 0.2) is 11.5 Å². The molecule has 0 saturated carbocycles. The number of anilines is 2. The Morgan fingerprint density at radius 1 is 0.885 bits per heavy atom. The molecule has 0 radical (unpaired) electrons. The van der Waals surface area contributed by atoms with Gasteiger partial charge in [-0.15, -0.1) is 0 Å². The summed E-state index contributed by atoms with van der Waals surface area (Å²) in [5.41, 5.74) is 2.19. The van der Waals surface area contributed by atoms with Crippen molar-refractivity contribution in [3.63, 3.8) is 0 Å². The fourth-order valence-corrected chi connectivity index (χ4v) is 2.70. The van der Waals surface area contributed by atoms with Gasteiger partial charge in [0.1, 0.15) is 5.82 Å². The van der Waals surface area contributed by atoms with Crippen molar-refractivity contribution in [2.75, 3.05) is 17.4 Å². The number of nitrogens with zero attached hydrogens (tertiary/aromatic N) is 2. The standard InChI is InChI=1S/C19H17ClN4O2/c20-15-4-1-13(2-5-15)10-23-19-21-8-7-18(24-19)22-11-14-3-6-16-17(9-14)26-12-25-16/h1-9H,10-12H2,(H2,21,22,23,24). The second-order valence-corrected chi connectivity index (χ2v) is 6.22. The molecule has 0 aliphatic carbocycles. The molecule has 0 unspecified atom stereocenters. The zero-order chi connectivity index (χ0) is 17.8. The van der Waals surface area contributed by atoms with Crippen LogP contribution in [-0.4, -0.2) is 16.8 Å². The average Bonchev–Trinajstić information content (AvgIpc) is 3.14. The van der Waals surface area contributed by atoms with Gasteiger partial charge >= 0.3 is 0 Å². The molecule has 0 spiro atoms. The van der Waals surface area contributed by atoms with Gasteiger partial charge in [-0.05, 0) is 41.5 Å². The van der Waals surface area contributed by atoms with E-state index >= 15 is 0 Å². The Bertz CT molecular complexity index is 902. The smallest absolute Gasteiger partial charge is 0.231 e. The number of fused-ring (bicyclic) bond motifs is 1. The third-order valence-electron chi connectivity index (χ3n) is 3.93. The summed E-state index contributed by atoms with van der Waals surface area (Å²) in [6.45, 7) is 1.54. The van der Waals surface area contributed by atoms with Crippen LogP contribution in [0.2, 0.25) is 5.02 Å². The number of nitrogens with one attached hydrogen (secondary N) is 2. The van der Waals surface area contributed by atoms with Crippen molar-refractivity contribution in [1.82, 2.24) is 9.97 Å². The first-order chi connectivity index (χ1) is 12.8. The van der Waals surface area contributed by atoms with E-state index in [2.05, 4.69) is 20.6 Å². The summed E-state index contributed by atoms with van der Waals surface area (Å²) in [5.74, 6) is 2.87. The van der Waals surface area contributed by atoms with Gasteiger partial charge in [0.2, 0.25) is 12.7 Å². The van der Waals surface area contributed by atoms with Crippen LogP contribution >= 0.6 is 11.6 Å². The molecule has 1 aliphatic rings. The van der Waals surface area contributed by atoms with Gasteiger partial charge in [-0.25, -0.2) is 4.98 Å². The molecule has 2 N–H and O–H groups in total. The van der Waals surface area contributed by atoms with Crippen molar-refractivity contribution in [1.29, 1.82) is 0 Å². The van der Waals surface area contributed by atoms with Crippen molar-refractivity contribution in [3.05, 3.63) is 70.9 Å². The van der Waals surface area contributed by atoms with E-state index < -0.39 is 0 Å². The van der Waals surface area contributed by atoms with Gasteiger partial charge < -0.3 is 20.1 Å². The lowest BCUT2D eigenvalue weighted by Crippen LogP contribution is -2.06. The van der Waals surface area contributed by atoms with E-state index in [0.717, 1.165) is 33.5 Å². The van der Waals surface area contributed by atoms with Crippen LogP contribution in [0, 0.1) is 0 Å². The van der Waals surface area contributed by atoms with Crippen LogP contribution in [0.5, 0.6) is 11.5 Å². The third kappa shape index (κ3) is 3.97. The van der Waals surface area contributed by atoms with Crippen molar-refractivity contribution >= 4 is 23.4 Å². The lowest BCUT2D eigenvalue weighted by atomic mass is 10.2. The maximum Gasteiger partial charge on any atom is 0.231 e. The Morgan fingerprint density at radius 3 is 2.54 bits per heavy atom. The molecule has 26 heavy (non-hydrogen) atoms. The molecule has 0 fully saturated rings. The molecule has 0 atom stereocenters. The van der Waals surface area contributed by atoms with Crippen molar-refractivity contribution in [2.45, 2.75) is 13.1 Å². The maximum atomic E-state index is 5.90. The van der Waals surface area contributed by atoms with Crippen LogP contribution < -0.4 is 20.1 Å². The van der Waals surface area contributed by atoms with Crippen molar-refractivity contribution in [3.8, 4) is 11.5 Å². The second-order valence-electron chi connectivity index (χ2n) is 5.79. The first-order valence-corrected chi connectivity index (χ1v) is 8.58. The summed E-state index contributed by atoms with van der Waals surface area (Å²) in [6, 6.07) is 15.4. The minimum Gasteiger partial charge on any atom is -0.454 e. The summed E-state index contributed by atoms with van der Waals surface area (Å²) in [6.07, 6.45) is 1.72. The number of hydrogen-bond donors (Lipinski definition) is 2. The van der Waals surface area contributed by atoms with Gasteiger partial charge in [0.25, 0.3) is 0 Å². The SMILES string of the molecule is Clc1ccc(CNc2nccc(NCc3ccc4c(c3)OCO4)n2)cc1. The Balaban J connectivity index is 1.35. The number of benzene rings is 2. The van der Waals surface area contributed by atoms with Gasteiger partial charge in [0, 0.05) is 24.3 Å². The Hall–Kier alpha value is -2.99. The normalized spacial score (nSPS) is 12.0. The van der Waals surface area contributed by atoms with E-state index in [1.54, 1.807) is 6.20 Å². The number of hydrogen-bond acceptors (Lipinski definition) is 6. The molecule has 1 aromatic heterocycles. The monoisotopic (exact) mass is 368 g/mol. The Morgan fingerprint density at radius 2 is 1.65 bits per heavy atom. The molecule has 0 saturated heterocycles. The molecular weight excluding hydrogens is 352 g/mol. The van der Waals surface area contributed by atoms with Gasteiger partial charge in [-0.3, -0.25) is 0 Å². The average molecular weight is 369 g/mol. The van der Waals surface area contributed by atoms with Crippen LogP contribution in [0.25, 0.3) is 0 Å². The number of ether oxygens (including phenoxy) is 2. The van der Waals surface area contributed by atoms with E-state index in [4.69, 9.17) is 21.1 Å². The number of halogens is 1. The fourth-order valence-electron chi connectivity index (χ4n) is 2.57. The van der Waals surface area contributed by atoms with E-state index in [-0.39, 0.29) is 6.79 Å². The molecule has 2 aromatic carbocycles. The molecule has 4 rings (SSSR count). The molecule has 2 heterocycles. The predicted molar refractivity (Wildman–Crippen MR) is 101 cm³/mol. The molecule has 6 nitrogen and oxygen atoms in total. The number of rotatable bonds is 6. The zero-order valence-corrected chi connectivity index (χ0v) is 14.7. The van der Waals surface area contributed by atoms with E-state index in [1.165, 1.54) is 0 Å². The fraction of sp³-hybridized carbons (Fsp3) is 0.158. The van der Waals surface area contributed by atoms with E-state index in [9.17, 15) is 0 Å². The lowest BCUT2D eigenvalue weighted by Gasteiger charge is -2.09. The molecule has 132 valence electrons. The van der Waals surface area contributed by atoms with Gasteiger partial charge in [-0.1, -0.05) is 29.8 Å². The highest BCUT2D eigenvalue weighted by molar-refractivity contribution is 6.30. The van der Waals surface area contributed by atoms with E-state index in [1.807, 2.05) is 48.5 Å². The first kappa shape index (κ1) is 16.5. The largest absolute Gasteiger partial charge is 0.454 e. The summed E-state index contributed by atoms with van der Waals surface area (Å²) < 4.78 is 10.7. The highest BCUT2D eigenvalue weighted by Gasteiger charge is 2.13. The summed E-state index contributed by atoms with van der Waals surface area (Å²) in [4.78, 5) is 8.73. The van der Waals surface area contributed by atoms with Crippen LogP contribution in [0.1, 0.15) is 11.1 Å². The molecule has 0 amide bonds. The zero-order valence-electron chi connectivity index (χ0n) is 13.9. The molecule has 3 aromatic rings. The van der Waals surface area contributed by atoms with Gasteiger partial charge in [-0.2, -0.15) is 4.98 Å². The predicted octanol–water partition coefficient (Wildman–Crippen LogP) is 4.08. The van der Waals surface area contributed by atoms with Crippen molar-refractivity contribution in [2.24, 2.45) is 0 Å². The number of aromatic nitrogens is 2. The minimum atomic E-state index is 0.279. The van der Waals surface area contributed by atoms with Crippen LogP contribution in [0.3, 0.4) is 0 Å². The van der Waals surface area contributed by atoms with E-state index in [0.29, 0.717) is 19.0 Å². The third-order valence-corrected chi connectivity index (χ3v) is 4.18. The quantitative estimate of drug-likeness (QED) is 0.683. The Kier molecular flexibility index (Phi) is 4.75. The summed E-state index contributed by atoms with van der Waals surface area (Å²) >= 11 is 5.90. The maximum absolute atomic E-state index is 5.90. The Labute approximate surface area is 156 Å². The molecular formula is C19H17ClN4O2.